The fourth-order valence-corrected chi connectivity index (χ4v) is 6.60. The monoisotopic (exact) mass is 607 g/mol. The van der Waals surface area contributed by atoms with E-state index < -0.39 is 9.84 Å². The molecule has 0 radical (unpaired) electrons. The molecule has 1 saturated carbocycles. The van der Waals surface area contributed by atoms with Crippen molar-refractivity contribution < 1.29 is 37.0 Å². The highest BCUT2D eigenvalue weighted by Crippen LogP contribution is 2.43. The predicted octanol–water partition coefficient (Wildman–Crippen LogP) is 3.94. The lowest BCUT2D eigenvalue weighted by Crippen LogP contribution is -2.31. The first-order chi connectivity index (χ1) is 20.6. The molecule has 0 amide bonds. The number of esters is 3. The summed E-state index contributed by atoms with van der Waals surface area (Å²) in [7, 11) is -3.52. The molecule has 2 bridgehead atoms. The van der Waals surface area contributed by atoms with E-state index in [1.807, 2.05) is 29.2 Å². The highest BCUT2D eigenvalue weighted by molar-refractivity contribution is 7.91. The van der Waals surface area contributed by atoms with Crippen LogP contribution < -0.4 is 4.90 Å². The van der Waals surface area contributed by atoms with E-state index in [0.717, 1.165) is 24.1 Å². The van der Waals surface area contributed by atoms with Crippen LogP contribution in [0.15, 0.2) is 65.6 Å². The van der Waals surface area contributed by atoms with Crippen molar-refractivity contribution in [2.24, 2.45) is 17.8 Å². The number of fused-ring (bicyclic) bond motifs is 2. The van der Waals surface area contributed by atoms with Gasteiger partial charge in [-0.3, -0.25) is 14.4 Å². The lowest BCUT2D eigenvalue weighted by atomic mass is 9.94. The first-order valence-electron chi connectivity index (χ1n) is 14.4. The third kappa shape index (κ3) is 9.45. The van der Waals surface area contributed by atoms with Gasteiger partial charge in [0.25, 0.3) is 0 Å². The fraction of sp³-hybridized carbons (Fsp3) is 0.424. The van der Waals surface area contributed by atoms with Crippen molar-refractivity contribution in [3.8, 4) is 11.8 Å². The molecule has 2 aliphatic rings. The van der Waals surface area contributed by atoms with E-state index in [1.165, 1.54) is 13.8 Å². The second-order valence-electron chi connectivity index (χ2n) is 10.7. The molecule has 3 atom stereocenters. The molecule has 0 heterocycles. The quantitative estimate of drug-likeness (QED) is 0.110. The Labute approximate surface area is 253 Å². The van der Waals surface area contributed by atoms with Crippen molar-refractivity contribution in [1.82, 2.24) is 0 Å². The van der Waals surface area contributed by atoms with Crippen LogP contribution in [0.4, 0.5) is 5.69 Å². The molecule has 10 heteroatoms. The van der Waals surface area contributed by atoms with E-state index in [2.05, 4.69) is 24.0 Å². The number of sulfone groups is 1. The summed E-state index contributed by atoms with van der Waals surface area (Å²) in [5.41, 5.74) is 2.29. The van der Waals surface area contributed by atoms with Crippen molar-refractivity contribution in [2.45, 2.75) is 38.0 Å². The van der Waals surface area contributed by atoms with Gasteiger partial charge in [-0.1, -0.05) is 24.0 Å². The van der Waals surface area contributed by atoms with Gasteiger partial charge < -0.3 is 19.1 Å². The molecule has 0 saturated heterocycles. The van der Waals surface area contributed by atoms with Gasteiger partial charge in [-0.05, 0) is 79.6 Å². The highest BCUT2D eigenvalue weighted by Gasteiger charge is 2.40. The largest absolute Gasteiger partial charge is 0.465 e. The first kappa shape index (κ1) is 31.8. The van der Waals surface area contributed by atoms with Gasteiger partial charge in [0.05, 0.1) is 36.3 Å². The first-order valence-corrected chi connectivity index (χ1v) is 16.1. The van der Waals surface area contributed by atoms with Crippen molar-refractivity contribution in [3.05, 3.63) is 71.8 Å². The van der Waals surface area contributed by atoms with Crippen molar-refractivity contribution in [2.75, 3.05) is 43.6 Å². The van der Waals surface area contributed by atoms with Crippen LogP contribution in [-0.2, 0) is 38.4 Å². The average Bonchev–Trinajstić information content (AvgIpc) is 3.62. The zero-order chi connectivity index (χ0) is 30.8. The summed E-state index contributed by atoms with van der Waals surface area (Å²) in [6.45, 7) is 4.07. The van der Waals surface area contributed by atoms with Crippen LogP contribution in [0.1, 0.15) is 44.2 Å². The van der Waals surface area contributed by atoms with Gasteiger partial charge in [-0.15, -0.1) is 0 Å². The molecule has 228 valence electrons. The van der Waals surface area contributed by atoms with Crippen molar-refractivity contribution >= 4 is 33.4 Å². The SMILES string of the molecule is CC(=O)OCCN(CCOC(C)=O)c1ccc(C#Cc2ccc(S(=O)(=O)CCCOC(=O)C3C[C@@H]4C=C[C@@H]3C4)cc2)cc1. The van der Waals surface area contributed by atoms with E-state index in [0.29, 0.717) is 24.6 Å². The molecule has 0 spiro atoms. The summed E-state index contributed by atoms with van der Waals surface area (Å²) >= 11 is 0. The van der Waals surface area contributed by atoms with Crippen LogP contribution in [0.25, 0.3) is 0 Å². The van der Waals surface area contributed by atoms with Crippen LogP contribution in [0, 0.1) is 29.6 Å². The van der Waals surface area contributed by atoms with Crippen molar-refractivity contribution in [1.29, 1.82) is 0 Å². The molecule has 0 aliphatic heterocycles. The third-order valence-electron chi connectivity index (χ3n) is 7.51. The Balaban J connectivity index is 1.27. The Morgan fingerprint density at radius 3 is 1.88 bits per heavy atom. The van der Waals surface area contributed by atoms with Gasteiger partial charge in [-0.25, -0.2) is 8.42 Å². The third-order valence-corrected chi connectivity index (χ3v) is 9.33. The maximum Gasteiger partial charge on any atom is 0.309 e. The number of hydrogen-bond acceptors (Lipinski definition) is 9. The summed E-state index contributed by atoms with van der Waals surface area (Å²) in [6.07, 6.45) is 6.35. The van der Waals surface area contributed by atoms with Gasteiger partial charge in [0.2, 0.25) is 0 Å². The number of nitrogens with zero attached hydrogens (tertiary/aromatic N) is 1. The number of ether oxygens (including phenoxy) is 3. The van der Waals surface area contributed by atoms with Gasteiger partial charge in [0.15, 0.2) is 9.84 Å². The predicted molar refractivity (Wildman–Crippen MR) is 161 cm³/mol. The van der Waals surface area contributed by atoms with E-state index >= 15 is 0 Å². The second-order valence-corrected chi connectivity index (χ2v) is 12.8. The Hall–Kier alpha value is -4.10. The number of allylic oxidation sites excluding steroid dienone is 2. The Kier molecular flexibility index (Phi) is 11.0. The normalized spacial score (nSPS) is 18.4. The molecule has 2 aliphatic carbocycles. The zero-order valence-corrected chi connectivity index (χ0v) is 25.3. The van der Waals surface area contributed by atoms with Gasteiger partial charge in [0.1, 0.15) is 13.2 Å². The molecule has 0 aromatic heterocycles. The second kappa shape index (κ2) is 14.9. The smallest absolute Gasteiger partial charge is 0.309 e. The molecular formula is C33H37NO8S. The van der Waals surface area contributed by atoms with Gasteiger partial charge >= 0.3 is 17.9 Å². The summed E-state index contributed by atoms with van der Waals surface area (Å²) in [4.78, 5) is 36.7. The fourth-order valence-electron chi connectivity index (χ4n) is 5.31. The maximum absolute atomic E-state index is 12.8. The van der Waals surface area contributed by atoms with Crippen LogP contribution in [0.2, 0.25) is 0 Å². The standard InChI is InChI=1S/C33H37NO8S/c1-24(35)40-19-16-34(17-20-41-25(2)36)30-12-7-26(8-13-30)4-5-27-9-14-31(15-10-27)43(38,39)21-3-18-42-33(37)32-23-28-6-11-29(32)22-28/h6-15,28-29,32H,3,16-23H2,1-2H3/t28-,29-,32?/m1/s1. The molecule has 9 nitrogen and oxygen atoms in total. The number of anilines is 1. The summed E-state index contributed by atoms with van der Waals surface area (Å²) in [5.74, 6) is 5.73. The molecular weight excluding hydrogens is 570 g/mol. The molecule has 2 aromatic rings. The van der Waals surface area contributed by atoms with Crippen LogP contribution in [0.5, 0.6) is 0 Å². The zero-order valence-electron chi connectivity index (χ0n) is 24.5. The van der Waals surface area contributed by atoms with E-state index in [1.54, 1.807) is 24.3 Å². The average molecular weight is 608 g/mol. The minimum atomic E-state index is -3.52. The minimum Gasteiger partial charge on any atom is -0.465 e. The molecule has 1 unspecified atom stereocenters. The number of benzene rings is 2. The lowest BCUT2D eigenvalue weighted by Gasteiger charge is -2.24. The van der Waals surface area contributed by atoms with Gasteiger partial charge in [-0.2, -0.15) is 0 Å². The van der Waals surface area contributed by atoms with Crippen LogP contribution >= 0.6 is 0 Å². The topological polar surface area (TPSA) is 116 Å². The van der Waals surface area contributed by atoms with E-state index in [9.17, 15) is 22.8 Å². The Morgan fingerprint density at radius 1 is 0.791 bits per heavy atom. The summed E-state index contributed by atoms with van der Waals surface area (Å²) in [6, 6.07) is 13.9. The molecule has 2 aromatic carbocycles. The lowest BCUT2D eigenvalue weighted by molar-refractivity contribution is -0.149. The number of rotatable bonds is 13. The summed E-state index contributed by atoms with van der Waals surface area (Å²) in [5, 5.41) is 0. The minimum absolute atomic E-state index is 0.0914. The van der Waals surface area contributed by atoms with Crippen molar-refractivity contribution in [3.63, 3.8) is 0 Å². The van der Waals surface area contributed by atoms with E-state index in [-0.39, 0.29) is 66.6 Å². The molecule has 0 N–H and O–H groups in total. The van der Waals surface area contributed by atoms with Crippen LogP contribution in [0.3, 0.4) is 0 Å². The maximum atomic E-state index is 12.8. The van der Waals surface area contributed by atoms with Gasteiger partial charge in [0, 0.05) is 30.7 Å². The number of carbonyl (C=O) groups excluding carboxylic acids is 3. The number of hydrogen-bond donors (Lipinski definition) is 0. The Bertz CT molecular complexity index is 1470. The Morgan fingerprint density at radius 2 is 1.37 bits per heavy atom. The van der Waals surface area contributed by atoms with Crippen LogP contribution in [-0.4, -0.2) is 65.0 Å². The molecule has 43 heavy (non-hydrogen) atoms. The number of carbonyl (C=O) groups is 3. The summed E-state index contributed by atoms with van der Waals surface area (Å²) < 4.78 is 41.0. The molecule has 1 fully saturated rings. The highest BCUT2D eigenvalue weighted by atomic mass is 32.2. The van der Waals surface area contributed by atoms with E-state index in [4.69, 9.17) is 14.2 Å². The molecule has 4 rings (SSSR count).